The lowest BCUT2D eigenvalue weighted by atomic mass is 9.84. The van der Waals surface area contributed by atoms with Gasteiger partial charge in [-0.05, 0) is 37.8 Å². The van der Waals surface area contributed by atoms with E-state index in [4.69, 9.17) is 4.74 Å². The SMILES string of the molecule is CCOc1ccc(NC2CCCC(CC)C2)c([N+](=O)[O-])c1. The predicted molar refractivity (Wildman–Crippen MR) is 83.9 cm³/mol. The summed E-state index contributed by atoms with van der Waals surface area (Å²) < 4.78 is 5.34. The second-order valence-corrected chi connectivity index (χ2v) is 5.65. The molecule has 5 nitrogen and oxygen atoms in total. The number of anilines is 1. The average molecular weight is 292 g/mol. The molecule has 0 saturated heterocycles. The molecule has 0 amide bonds. The van der Waals surface area contributed by atoms with Crippen molar-refractivity contribution in [3.8, 4) is 5.75 Å². The van der Waals surface area contributed by atoms with Gasteiger partial charge in [0.25, 0.3) is 5.69 Å². The molecule has 1 N–H and O–H groups in total. The maximum absolute atomic E-state index is 11.3. The highest BCUT2D eigenvalue weighted by molar-refractivity contribution is 5.64. The number of hydrogen-bond acceptors (Lipinski definition) is 4. The first-order valence-electron chi connectivity index (χ1n) is 7.81. The molecule has 1 aromatic rings. The third kappa shape index (κ3) is 4.09. The number of rotatable bonds is 6. The Morgan fingerprint density at radius 1 is 1.38 bits per heavy atom. The van der Waals surface area contributed by atoms with Gasteiger partial charge < -0.3 is 10.1 Å². The van der Waals surface area contributed by atoms with Crippen molar-refractivity contribution in [3.63, 3.8) is 0 Å². The predicted octanol–water partition coefficient (Wildman–Crippen LogP) is 4.37. The first-order valence-corrected chi connectivity index (χ1v) is 7.81. The molecule has 1 aliphatic carbocycles. The van der Waals surface area contributed by atoms with E-state index in [0.29, 0.717) is 24.1 Å². The van der Waals surface area contributed by atoms with Gasteiger partial charge >= 0.3 is 0 Å². The van der Waals surface area contributed by atoms with Gasteiger partial charge in [0.15, 0.2) is 0 Å². The molecule has 1 aromatic carbocycles. The Kier molecular flexibility index (Phi) is 5.42. The molecule has 0 spiro atoms. The Morgan fingerprint density at radius 2 is 2.19 bits per heavy atom. The zero-order valence-electron chi connectivity index (χ0n) is 12.8. The van der Waals surface area contributed by atoms with E-state index in [1.165, 1.54) is 25.3 Å². The Bertz CT molecular complexity index is 490. The van der Waals surface area contributed by atoms with Crippen molar-refractivity contribution in [3.05, 3.63) is 28.3 Å². The van der Waals surface area contributed by atoms with E-state index in [-0.39, 0.29) is 10.6 Å². The van der Waals surface area contributed by atoms with Crippen LogP contribution in [0.25, 0.3) is 0 Å². The van der Waals surface area contributed by atoms with E-state index in [1.807, 2.05) is 6.92 Å². The molecule has 2 atom stereocenters. The van der Waals surface area contributed by atoms with Crippen molar-refractivity contribution in [1.29, 1.82) is 0 Å². The quantitative estimate of drug-likeness (QED) is 0.624. The molecule has 1 fully saturated rings. The second-order valence-electron chi connectivity index (χ2n) is 5.65. The fraction of sp³-hybridized carbons (Fsp3) is 0.625. The fourth-order valence-electron chi connectivity index (χ4n) is 3.05. The summed E-state index contributed by atoms with van der Waals surface area (Å²) >= 11 is 0. The summed E-state index contributed by atoms with van der Waals surface area (Å²) in [5, 5.41) is 14.6. The van der Waals surface area contributed by atoms with E-state index in [9.17, 15) is 10.1 Å². The van der Waals surface area contributed by atoms with Crippen molar-refractivity contribution in [2.24, 2.45) is 5.92 Å². The van der Waals surface area contributed by atoms with Gasteiger partial charge in [-0.2, -0.15) is 0 Å². The Labute approximate surface area is 125 Å². The van der Waals surface area contributed by atoms with Crippen LogP contribution < -0.4 is 10.1 Å². The molecule has 5 heteroatoms. The second kappa shape index (κ2) is 7.29. The molecule has 1 aliphatic rings. The van der Waals surface area contributed by atoms with Crippen LogP contribution in [-0.4, -0.2) is 17.6 Å². The summed E-state index contributed by atoms with van der Waals surface area (Å²) in [6.07, 6.45) is 5.84. The van der Waals surface area contributed by atoms with Gasteiger partial charge in [-0.25, -0.2) is 0 Å². The Hall–Kier alpha value is -1.78. The zero-order chi connectivity index (χ0) is 15.2. The highest BCUT2D eigenvalue weighted by Crippen LogP contribution is 2.33. The lowest BCUT2D eigenvalue weighted by Crippen LogP contribution is -2.27. The number of ether oxygens (including phenoxy) is 1. The first kappa shape index (κ1) is 15.6. The van der Waals surface area contributed by atoms with Gasteiger partial charge in [-0.3, -0.25) is 10.1 Å². The zero-order valence-corrected chi connectivity index (χ0v) is 12.8. The lowest BCUT2D eigenvalue weighted by molar-refractivity contribution is -0.384. The topological polar surface area (TPSA) is 64.4 Å². The van der Waals surface area contributed by atoms with Gasteiger partial charge in [0, 0.05) is 6.04 Å². The van der Waals surface area contributed by atoms with Crippen molar-refractivity contribution >= 4 is 11.4 Å². The highest BCUT2D eigenvalue weighted by atomic mass is 16.6. The van der Waals surface area contributed by atoms with Crippen LogP contribution in [-0.2, 0) is 0 Å². The van der Waals surface area contributed by atoms with Crippen molar-refractivity contribution < 1.29 is 9.66 Å². The minimum atomic E-state index is -0.342. The number of nitro benzene ring substituents is 1. The molecule has 0 radical (unpaired) electrons. The van der Waals surface area contributed by atoms with Crippen LogP contribution in [0.1, 0.15) is 46.0 Å². The molecule has 0 aliphatic heterocycles. The molecule has 1 saturated carbocycles. The normalized spacial score (nSPS) is 21.8. The van der Waals surface area contributed by atoms with Gasteiger partial charge in [0.1, 0.15) is 11.4 Å². The third-order valence-electron chi connectivity index (χ3n) is 4.20. The van der Waals surface area contributed by atoms with E-state index in [2.05, 4.69) is 12.2 Å². The number of nitrogens with zero attached hydrogens (tertiary/aromatic N) is 1. The number of nitro groups is 1. The van der Waals surface area contributed by atoms with Crippen molar-refractivity contribution in [2.45, 2.75) is 52.0 Å². The van der Waals surface area contributed by atoms with E-state index in [1.54, 1.807) is 12.1 Å². The van der Waals surface area contributed by atoms with Crippen LogP contribution in [0.15, 0.2) is 18.2 Å². The largest absolute Gasteiger partial charge is 0.494 e. The molecular weight excluding hydrogens is 268 g/mol. The van der Waals surface area contributed by atoms with Crippen LogP contribution >= 0.6 is 0 Å². The van der Waals surface area contributed by atoms with Gasteiger partial charge in [0.2, 0.25) is 0 Å². The van der Waals surface area contributed by atoms with Crippen LogP contribution in [0.3, 0.4) is 0 Å². The minimum absolute atomic E-state index is 0.0968. The standard InChI is InChI=1S/C16H24N2O3/c1-3-12-6-5-7-13(10-12)17-15-9-8-14(21-4-2)11-16(15)18(19)20/h8-9,11-13,17H,3-7,10H2,1-2H3. The van der Waals surface area contributed by atoms with Gasteiger partial charge in [-0.1, -0.05) is 26.2 Å². The molecular formula is C16H24N2O3. The maximum Gasteiger partial charge on any atom is 0.296 e. The van der Waals surface area contributed by atoms with Crippen LogP contribution in [0.4, 0.5) is 11.4 Å². The van der Waals surface area contributed by atoms with Crippen LogP contribution in [0, 0.1) is 16.0 Å². The van der Waals surface area contributed by atoms with Crippen LogP contribution in [0.2, 0.25) is 0 Å². The summed E-state index contributed by atoms with van der Waals surface area (Å²) in [7, 11) is 0. The Morgan fingerprint density at radius 3 is 2.86 bits per heavy atom. The van der Waals surface area contributed by atoms with E-state index < -0.39 is 0 Å². The van der Waals surface area contributed by atoms with E-state index >= 15 is 0 Å². The average Bonchev–Trinajstić information content (AvgIpc) is 2.49. The smallest absolute Gasteiger partial charge is 0.296 e. The first-order chi connectivity index (χ1) is 10.1. The summed E-state index contributed by atoms with van der Waals surface area (Å²) in [6, 6.07) is 5.39. The van der Waals surface area contributed by atoms with Crippen molar-refractivity contribution in [2.75, 3.05) is 11.9 Å². The van der Waals surface area contributed by atoms with Gasteiger partial charge in [0.05, 0.1) is 17.6 Å². The molecule has 0 aromatic heterocycles. The summed E-state index contributed by atoms with van der Waals surface area (Å²) in [5.74, 6) is 1.28. The molecule has 21 heavy (non-hydrogen) atoms. The van der Waals surface area contributed by atoms with Gasteiger partial charge in [-0.15, -0.1) is 0 Å². The number of benzene rings is 1. The van der Waals surface area contributed by atoms with E-state index in [0.717, 1.165) is 18.8 Å². The molecule has 116 valence electrons. The molecule has 2 unspecified atom stereocenters. The Balaban J connectivity index is 2.13. The summed E-state index contributed by atoms with van der Waals surface area (Å²) in [6.45, 7) is 4.59. The third-order valence-corrected chi connectivity index (χ3v) is 4.20. The van der Waals surface area contributed by atoms with Crippen molar-refractivity contribution in [1.82, 2.24) is 0 Å². The number of nitrogens with one attached hydrogen (secondary N) is 1. The molecule has 0 heterocycles. The minimum Gasteiger partial charge on any atom is -0.494 e. The highest BCUT2D eigenvalue weighted by Gasteiger charge is 2.23. The monoisotopic (exact) mass is 292 g/mol. The maximum atomic E-state index is 11.3. The van der Waals surface area contributed by atoms with Crippen LogP contribution in [0.5, 0.6) is 5.75 Å². The summed E-state index contributed by atoms with van der Waals surface area (Å²) in [4.78, 5) is 10.9. The number of hydrogen-bond donors (Lipinski definition) is 1. The fourth-order valence-corrected chi connectivity index (χ4v) is 3.05. The lowest BCUT2D eigenvalue weighted by Gasteiger charge is -2.29. The molecule has 0 bridgehead atoms. The molecule has 2 rings (SSSR count). The summed E-state index contributed by atoms with van der Waals surface area (Å²) in [5.41, 5.74) is 0.699.